The van der Waals surface area contributed by atoms with Crippen LogP contribution in [0.2, 0.25) is 0 Å². The quantitative estimate of drug-likeness (QED) is 0.628. The first-order valence-electron chi connectivity index (χ1n) is 11.5. The third kappa shape index (κ3) is 5.54. The fourth-order valence-corrected chi connectivity index (χ4v) is 5.47. The molecule has 0 unspecified atom stereocenters. The molecular formula is C24H30N4O3S. The van der Waals surface area contributed by atoms with Gasteiger partial charge in [0.2, 0.25) is 5.91 Å². The van der Waals surface area contributed by atoms with Crippen LogP contribution in [-0.4, -0.2) is 39.7 Å². The molecule has 0 saturated heterocycles. The van der Waals surface area contributed by atoms with Gasteiger partial charge in [-0.15, -0.1) is 11.3 Å². The van der Waals surface area contributed by atoms with Gasteiger partial charge in [-0.3, -0.25) is 19.4 Å². The molecule has 2 saturated carbocycles. The molecule has 1 atom stereocenters. The van der Waals surface area contributed by atoms with E-state index >= 15 is 0 Å². The average Bonchev–Trinajstić information content (AvgIpc) is 3.58. The summed E-state index contributed by atoms with van der Waals surface area (Å²) in [4.78, 5) is 46.1. The average molecular weight is 455 g/mol. The van der Waals surface area contributed by atoms with Gasteiger partial charge < -0.3 is 15.5 Å². The Kier molecular flexibility index (Phi) is 7.52. The fourth-order valence-electron chi connectivity index (χ4n) is 4.64. The first-order valence-corrected chi connectivity index (χ1v) is 12.3. The minimum atomic E-state index is -0.863. The van der Waals surface area contributed by atoms with Crippen molar-refractivity contribution in [1.82, 2.24) is 20.5 Å². The molecule has 4 rings (SSSR count). The highest BCUT2D eigenvalue weighted by molar-refractivity contribution is 7.10. The van der Waals surface area contributed by atoms with Crippen molar-refractivity contribution in [2.45, 2.75) is 76.0 Å². The predicted octanol–water partition coefficient (Wildman–Crippen LogP) is 3.33. The van der Waals surface area contributed by atoms with Crippen molar-refractivity contribution in [3.05, 3.63) is 52.5 Å². The minimum absolute atomic E-state index is 0.0270. The van der Waals surface area contributed by atoms with Gasteiger partial charge in [0.25, 0.3) is 0 Å². The van der Waals surface area contributed by atoms with Crippen molar-refractivity contribution in [3.8, 4) is 0 Å². The van der Waals surface area contributed by atoms with Crippen molar-refractivity contribution in [2.75, 3.05) is 0 Å². The molecule has 0 spiro atoms. The lowest BCUT2D eigenvalue weighted by Gasteiger charge is -2.31. The normalized spacial score (nSPS) is 17.8. The van der Waals surface area contributed by atoms with Gasteiger partial charge in [-0.2, -0.15) is 0 Å². The Labute approximate surface area is 192 Å². The third-order valence-corrected chi connectivity index (χ3v) is 7.22. The van der Waals surface area contributed by atoms with Gasteiger partial charge >= 0.3 is 11.8 Å². The molecule has 2 aliphatic rings. The number of rotatable bonds is 7. The van der Waals surface area contributed by atoms with Gasteiger partial charge in [-0.25, -0.2) is 0 Å². The number of pyridine rings is 1. The van der Waals surface area contributed by atoms with Gasteiger partial charge in [-0.05, 0) is 48.8 Å². The maximum absolute atomic E-state index is 13.5. The second-order valence-corrected chi connectivity index (χ2v) is 9.64. The van der Waals surface area contributed by atoms with Gasteiger partial charge in [0.15, 0.2) is 0 Å². The zero-order valence-corrected chi connectivity index (χ0v) is 19.0. The van der Waals surface area contributed by atoms with E-state index in [4.69, 9.17) is 0 Å². The van der Waals surface area contributed by atoms with Gasteiger partial charge in [0.05, 0.1) is 0 Å². The first-order chi connectivity index (χ1) is 15.6. The summed E-state index contributed by atoms with van der Waals surface area (Å²) >= 11 is 1.42. The summed E-state index contributed by atoms with van der Waals surface area (Å²) in [7, 11) is 0. The molecule has 2 aromatic rings. The Hall–Kier alpha value is -2.74. The highest BCUT2D eigenvalue weighted by Crippen LogP contribution is 2.29. The number of nitrogens with one attached hydrogen (secondary N) is 2. The lowest BCUT2D eigenvalue weighted by molar-refractivity contribution is -0.151. The Bertz CT molecular complexity index is 907. The van der Waals surface area contributed by atoms with E-state index in [0.29, 0.717) is 0 Å². The molecule has 2 heterocycles. The number of amides is 3. The van der Waals surface area contributed by atoms with Crippen molar-refractivity contribution in [2.24, 2.45) is 0 Å². The molecular weight excluding hydrogens is 424 g/mol. The van der Waals surface area contributed by atoms with E-state index in [0.717, 1.165) is 61.8 Å². The van der Waals surface area contributed by atoms with E-state index in [9.17, 15) is 14.4 Å². The minimum Gasteiger partial charge on any atom is -0.351 e. The molecule has 2 aliphatic carbocycles. The van der Waals surface area contributed by atoms with E-state index < -0.39 is 17.9 Å². The van der Waals surface area contributed by atoms with Crippen molar-refractivity contribution >= 4 is 29.1 Å². The van der Waals surface area contributed by atoms with E-state index in [1.807, 2.05) is 23.6 Å². The Morgan fingerprint density at radius 3 is 2.28 bits per heavy atom. The number of nitrogens with zero attached hydrogens (tertiary/aromatic N) is 2. The molecule has 170 valence electrons. The molecule has 32 heavy (non-hydrogen) atoms. The van der Waals surface area contributed by atoms with E-state index in [1.165, 1.54) is 16.2 Å². The molecule has 8 heteroatoms. The highest BCUT2D eigenvalue weighted by Gasteiger charge is 2.37. The fraction of sp³-hybridized carbons (Fsp3) is 0.500. The number of hydrogen-bond acceptors (Lipinski definition) is 5. The van der Waals surface area contributed by atoms with Gasteiger partial charge in [0, 0.05) is 35.9 Å². The van der Waals surface area contributed by atoms with Crippen LogP contribution in [0.4, 0.5) is 0 Å². The number of carbonyl (C=O) groups excluding carboxylic acids is 3. The van der Waals surface area contributed by atoms with Crippen LogP contribution < -0.4 is 10.6 Å². The molecule has 0 bridgehead atoms. The summed E-state index contributed by atoms with van der Waals surface area (Å²) in [5, 5.41) is 7.90. The molecule has 2 aromatic heterocycles. The molecule has 0 radical (unpaired) electrons. The van der Waals surface area contributed by atoms with Gasteiger partial charge in [0.1, 0.15) is 6.04 Å². The third-order valence-electron chi connectivity index (χ3n) is 6.30. The number of thiophene rings is 1. The summed E-state index contributed by atoms with van der Waals surface area (Å²) in [5.74, 6) is -1.55. The van der Waals surface area contributed by atoms with Crippen LogP contribution >= 0.6 is 11.3 Å². The second-order valence-electron chi connectivity index (χ2n) is 8.66. The van der Waals surface area contributed by atoms with Crippen molar-refractivity contribution < 1.29 is 14.4 Å². The van der Waals surface area contributed by atoms with Crippen molar-refractivity contribution in [3.63, 3.8) is 0 Å². The lowest BCUT2D eigenvalue weighted by Crippen LogP contribution is -2.51. The van der Waals surface area contributed by atoms with Crippen LogP contribution in [-0.2, 0) is 20.9 Å². The molecule has 0 aromatic carbocycles. The van der Waals surface area contributed by atoms with Crippen LogP contribution in [0.3, 0.4) is 0 Å². The summed E-state index contributed by atoms with van der Waals surface area (Å²) in [5.41, 5.74) is 0.768. The van der Waals surface area contributed by atoms with E-state index in [2.05, 4.69) is 15.6 Å². The highest BCUT2D eigenvalue weighted by atomic mass is 32.1. The largest absolute Gasteiger partial charge is 0.351 e. The predicted molar refractivity (Wildman–Crippen MR) is 123 cm³/mol. The molecule has 2 fully saturated rings. The number of aromatic nitrogens is 1. The zero-order chi connectivity index (χ0) is 22.3. The van der Waals surface area contributed by atoms with Crippen LogP contribution in [0.25, 0.3) is 0 Å². The second kappa shape index (κ2) is 10.7. The monoisotopic (exact) mass is 454 g/mol. The maximum atomic E-state index is 13.5. The number of hydrogen-bond donors (Lipinski definition) is 2. The van der Waals surface area contributed by atoms with Crippen LogP contribution in [0.1, 0.15) is 67.8 Å². The summed E-state index contributed by atoms with van der Waals surface area (Å²) in [6.07, 6.45) is 11.3. The Balaban J connectivity index is 1.61. The van der Waals surface area contributed by atoms with E-state index in [1.54, 1.807) is 18.5 Å². The Morgan fingerprint density at radius 1 is 1.00 bits per heavy atom. The molecule has 7 nitrogen and oxygen atoms in total. The SMILES string of the molecule is O=C(NC1CCCC1)C(=O)N(Cc1cccnc1)[C@@H](C(=O)NC1CCCC1)c1cccs1. The van der Waals surface area contributed by atoms with Gasteiger partial charge in [-0.1, -0.05) is 37.8 Å². The topological polar surface area (TPSA) is 91.4 Å². The maximum Gasteiger partial charge on any atom is 0.313 e. The summed E-state index contributed by atoms with van der Waals surface area (Å²) in [6.45, 7) is 0.130. The van der Waals surface area contributed by atoms with Crippen LogP contribution in [0, 0.1) is 0 Å². The lowest BCUT2D eigenvalue weighted by atomic mass is 10.1. The molecule has 3 amide bonds. The number of carbonyl (C=O) groups is 3. The smallest absolute Gasteiger partial charge is 0.313 e. The first kappa shape index (κ1) is 22.5. The van der Waals surface area contributed by atoms with Crippen LogP contribution in [0.15, 0.2) is 42.0 Å². The molecule has 0 aliphatic heterocycles. The van der Waals surface area contributed by atoms with Crippen LogP contribution in [0.5, 0.6) is 0 Å². The summed E-state index contributed by atoms with van der Waals surface area (Å²) in [6, 6.07) is 6.63. The molecule has 2 N–H and O–H groups in total. The Morgan fingerprint density at radius 2 is 1.69 bits per heavy atom. The summed E-state index contributed by atoms with van der Waals surface area (Å²) < 4.78 is 0. The van der Waals surface area contributed by atoms with E-state index in [-0.39, 0.29) is 24.5 Å². The standard InChI is InChI=1S/C24H30N4O3S/c29-22(26-18-8-1-2-9-18)21(20-12-6-14-32-20)28(16-17-7-5-13-25-15-17)24(31)23(30)27-19-10-3-4-11-19/h5-7,12-15,18-19,21H,1-4,8-11,16H2,(H,26,29)(H,27,30)/t21-/m1/s1. The van der Waals surface area contributed by atoms with Crippen molar-refractivity contribution in [1.29, 1.82) is 0 Å². The zero-order valence-electron chi connectivity index (χ0n) is 18.2.